The number of nitrogens with zero attached hydrogens (tertiary/aromatic N) is 4. The van der Waals surface area contributed by atoms with E-state index >= 15 is 0 Å². The summed E-state index contributed by atoms with van der Waals surface area (Å²) in [4.78, 5) is 21.4. The molecule has 9 nitrogen and oxygen atoms in total. The lowest BCUT2D eigenvalue weighted by Gasteiger charge is -2.00. The lowest BCUT2D eigenvalue weighted by atomic mass is 10.2. The number of aromatic hydroxyl groups is 1. The Labute approximate surface area is 118 Å². The second kappa shape index (κ2) is 6.28. The number of amides is 1. The summed E-state index contributed by atoms with van der Waals surface area (Å²) in [5.41, 5.74) is 2.49. The number of carbonyl (C=O) groups is 1. The van der Waals surface area contributed by atoms with E-state index < -0.39 is 10.8 Å². The zero-order chi connectivity index (χ0) is 15.2. The summed E-state index contributed by atoms with van der Waals surface area (Å²) < 4.78 is 1.13. The lowest BCUT2D eigenvalue weighted by Crippen LogP contribution is -2.23. The van der Waals surface area contributed by atoms with Crippen LogP contribution in [-0.4, -0.2) is 31.9 Å². The van der Waals surface area contributed by atoms with Gasteiger partial charge in [0.05, 0.1) is 11.1 Å². The number of para-hydroxylation sites is 1. The van der Waals surface area contributed by atoms with E-state index in [1.54, 1.807) is 18.2 Å². The van der Waals surface area contributed by atoms with Gasteiger partial charge in [0, 0.05) is 5.56 Å². The van der Waals surface area contributed by atoms with E-state index in [0.717, 1.165) is 17.1 Å². The lowest BCUT2D eigenvalue weighted by molar-refractivity contribution is -0.385. The van der Waals surface area contributed by atoms with E-state index in [-0.39, 0.29) is 18.0 Å². The Morgan fingerprint density at radius 2 is 2.29 bits per heavy atom. The first-order valence-corrected chi connectivity index (χ1v) is 5.83. The maximum atomic E-state index is 11.5. The maximum Gasteiger partial charge on any atom is 0.307 e. The van der Waals surface area contributed by atoms with Gasteiger partial charge in [0.2, 0.25) is 0 Å². The molecule has 1 aromatic heterocycles. The van der Waals surface area contributed by atoms with E-state index in [2.05, 4.69) is 15.6 Å². The highest BCUT2D eigenvalue weighted by Gasteiger charge is 2.10. The van der Waals surface area contributed by atoms with E-state index in [4.69, 9.17) is 0 Å². The van der Waals surface area contributed by atoms with Crippen LogP contribution in [0.25, 0.3) is 0 Å². The summed E-state index contributed by atoms with van der Waals surface area (Å²) in [5.74, 6) is -0.460. The molecule has 0 unspecified atom stereocenters. The minimum atomic E-state index is -0.599. The van der Waals surface area contributed by atoms with E-state index in [1.165, 1.54) is 12.3 Å². The normalized spacial score (nSPS) is 10.7. The molecule has 1 amide bonds. The van der Waals surface area contributed by atoms with E-state index in [0.29, 0.717) is 5.56 Å². The SMILES string of the molecule is O=C(Cn1cc([N+](=O)[O-])cn1)N/N=C/c1ccccc1O. The van der Waals surface area contributed by atoms with Crippen molar-refractivity contribution in [1.82, 2.24) is 15.2 Å². The fourth-order valence-corrected chi connectivity index (χ4v) is 1.49. The van der Waals surface area contributed by atoms with Crippen LogP contribution in [0.5, 0.6) is 5.75 Å². The summed E-state index contributed by atoms with van der Waals surface area (Å²) in [5, 5.41) is 27.3. The fraction of sp³-hybridized carbons (Fsp3) is 0.0833. The van der Waals surface area contributed by atoms with E-state index in [9.17, 15) is 20.0 Å². The minimum absolute atomic E-state index is 0.0400. The van der Waals surface area contributed by atoms with Crippen LogP contribution >= 0.6 is 0 Å². The van der Waals surface area contributed by atoms with Gasteiger partial charge in [-0.1, -0.05) is 12.1 Å². The Hall–Kier alpha value is -3.23. The summed E-state index contributed by atoms with van der Waals surface area (Å²) in [7, 11) is 0. The van der Waals surface area contributed by atoms with Crippen LogP contribution in [0.1, 0.15) is 5.56 Å². The molecule has 21 heavy (non-hydrogen) atoms. The van der Waals surface area contributed by atoms with Gasteiger partial charge < -0.3 is 5.11 Å². The van der Waals surface area contributed by atoms with Crippen molar-refractivity contribution in [3.8, 4) is 5.75 Å². The van der Waals surface area contributed by atoms with Gasteiger partial charge in [-0.3, -0.25) is 19.6 Å². The molecule has 0 bridgehead atoms. The molecule has 0 radical (unpaired) electrons. The molecule has 0 atom stereocenters. The van der Waals surface area contributed by atoms with Crippen LogP contribution in [0, 0.1) is 10.1 Å². The Morgan fingerprint density at radius 3 is 2.95 bits per heavy atom. The first-order valence-electron chi connectivity index (χ1n) is 5.83. The van der Waals surface area contributed by atoms with Crippen molar-refractivity contribution in [2.75, 3.05) is 0 Å². The highest BCUT2D eigenvalue weighted by atomic mass is 16.6. The smallest absolute Gasteiger partial charge is 0.307 e. The molecular formula is C12H11N5O4. The molecule has 0 aliphatic carbocycles. The third-order valence-electron chi connectivity index (χ3n) is 2.47. The number of hydrogen-bond donors (Lipinski definition) is 2. The van der Waals surface area contributed by atoms with Crippen LogP contribution in [-0.2, 0) is 11.3 Å². The number of phenols is 1. The van der Waals surface area contributed by atoms with Crippen LogP contribution in [0.15, 0.2) is 41.8 Å². The highest BCUT2D eigenvalue weighted by Crippen LogP contribution is 2.12. The van der Waals surface area contributed by atoms with Crippen molar-refractivity contribution in [1.29, 1.82) is 0 Å². The second-order valence-corrected chi connectivity index (χ2v) is 4.01. The monoisotopic (exact) mass is 289 g/mol. The number of phenolic OH excluding ortho intramolecular Hbond substituents is 1. The molecular weight excluding hydrogens is 278 g/mol. The Balaban J connectivity index is 1.90. The van der Waals surface area contributed by atoms with Crippen molar-refractivity contribution in [3.05, 3.63) is 52.3 Å². The van der Waals surface area contributed by atoms with E-state index in [1.807, 2.05) is 0 Å². The van der Waals surface area contributed by atoms with Crippen molar-refractivity contribution in [2.24, 2.45) is 5.10 Å². The van der Waals surface area contributed by atoms with Gasteiger partial charge >= 0.3 is 5.69 Å². The Morgan fingerprint density at radius 1 is 1.52 bits per heavy atom. The molecule has 0 fully saturated rings. The van der Waals surface area contributed by atoms with Crippen molar-refractivity contribution >= 4 is 17.8 Å². The third kappa shape index (κ3) is 3.86. The zero-order valence-electron chi connectivity index (χ0n) is 10.7. The summed E-state index contributed by atoms with van der Waals surface area (Å²) >= 11 is 0. The molecule has 1 aromatic carbocycles. The molecule has 1 heterocycles. The summed E-state index contributed by atoms with van der Waals surface area (Å²) in [6.07, 6.45) is 3.49. The number of aromatic nitrogens is 2. The van der Waals surface area contributed by atoms with Gasteiger partial charge in [0.1, 0.15) is 24.7 Å². The first kappa shape index (κ1) is 14.2. The van der Waals surface area contributed by atoms with Crippen molar-refractivity contribution in [2.45, 2.75) is 6.54 Å². The molecule has 108 valence electrons. The average molecular weight is 289 g/mol. The number of hydrogen-bond acceptors (Lipinski definition) is 6. The van der Waals surface area contributed by atoms with Crippen molar-refractivity contribution in [3.63, 3.8) is 0 Å². The maximum absolute atomic E-state index is 11.5. The van der Waals surface area contributed by atoms with Crippen LogP contribution < -0.4 is 5.43 Å². The average Bonchev–Trinajstić information content (AvgIpc) is 2.89. The molecule has 2 N–H and O–H groups in total. The Bertz CT molecular complexity index is 694. The molecule has 9 heteroatoms. The Kier molecular flexibility index (Phi) is 4.24. The minimum Gasteiger partial charge on any atom is -0.507 e. The fourth-order valence-electron chi connectivity index (χ4n) is 1.49. The van der Waals surface area contributed by atoms with Crippen LogP contribution in [0.3, 0.4) is 0 Å². The van der Waals surface area contributed by atoms with Gasteiger partial charge in [0.15, 0.2) is 0 Å². The van der Waals surface area contributed by atoms with Gasteiger partial charge in [-0.05, 0) is 12.1 Å². The number of carbonyl (C=O) groups excluding carboxylic acids is 1. The van der Waals surface area contributed by atoms with Crippen molar-refractivity contribution < 1.29 is 14.8 Å². The number of rotatable bonds is 5. The largest absolute Gasteiger partial charge is 0.507 e. The van der Waals surface area contributed by atoms with Gasteiger partial charge in [-0.2, -0.15) is 10.2 Å². The van der Waals surface area contributed by atoms with Crippen LogP contribution in [0.2, 0.25) is 0 Å². The van der Waals surface area contributed by atoms with Gasteiger partial charge in [-0.25, -0.2) is 5.43 Å². The third-order valence-corrected chi connectivity index (χ3v) is 2.47. The topological polar surface area (TPSA) is 123 Å². The molecule has 0 aliphatic rings. The quantitative estimate of drug-likeness (QED) is 0.475. The summed E-state index contributed by atoms with van der Waals surface area (Å²) in [6, 6.07) is 6.50. The number of nitro groups is 1. The molecule has 0 saturated heterocycles. The number of hydrazone groups is 1. The predicted octanol–water partition coefficient (Wildman–Crippen LogP) is 0.647. The molecule has 2 rings (SSSR count). The molecule has 0 aliphatic heterocycles. The molecule has 0 spiro atoms. The van der Waals surface area contributed by atoms with Crippen LogP contribution in [0.4, 0.5) is 5.69 Å². The van der Waals surface area contributed by atoms with Gasteiger partial charge in [-0.15, -0.1) is 0 Å². The highest BCUT2D eigenvalue weighted by molar-refractivity contribution is 5.84. The molecule has 0 saturated carbocycles. The number of nitrogens with one attached hydrogen (secondary N) is 1. The number of benzene rings is 1. The second-order valence-electron chi connectivity index (χ2n) is 4.01. The first-order chi connectivity index (χ1) is 10.1. The molecule has 2 aromatic rings. The zero-order valence-corrected chi connectivity index (χ0v) is 10.7. The predicted molar refractivity (Wildman–Crippen MR) is 72.7 cm³/mol. The standard InChI is InChI=1S/C12H11N5O4/c18-11-4-2-1-3-9(11)5-13-15-12(19)8-16-7-10(6-14-16)17(20)21/h1-7,18H,8H2,(H,15,19)/b13-5+. The van der Waals surface area contributed by atoms with Gasteiger partial charge in [0.25, 0.3) is 5.91 Å². The summed E-state index contributed by atoms with van der Waals surface area (Å²) in [6.45, 7) is -0.202.